The van der Waals surface area contributed by atoms with Crippen molar-refractivity contribution in [2.75, 3.05) is 25.7 Å². The highest BCUT2D eigenvalue weighted by molar-refractivity contribution is 7.98. The fraction of sp³-hybridized carbons (Fsp3) is 0.548. The number of amides is 1. The molecule has 0 spiro atoms. The van der Waals surface area contributed by atoms with Crippen LogP contribution in [0.1, 0.15) is 52.7 Å². The molecule has 1 saturated heterocycles. The molecule has 242 valence electrons. The molecule has 0 saturated carbocycles. The monoisotopic (exact) mass is 636 g/mol. The van der Waals surface area contributed by atoms with Gasteiger partial charge in [0.2, 0.25) is 5.88 Å². The lowest BCUT2D eigenvalue weighted by molar-refractivity contribution is -0.159. The van der Waals surface area contributed by atoms with Gasteiger partial charge in [0, 0.05) is 18.4 Å². The second-order valence-electron chi connectivity index (χ2n) is 11.4. The first-order chi connectivity index (χ1) is 20.8. The molecule has 1 aromatic carbocycles. The lowest BCUT2D eigenvalue weighted by Crippen LogP contribution is -2.48. The Morgan fingerprint density at radius 1 is 1.23 bits per heavy atom. The predicted octanol–water partition coefficient (Wildman–Crippen LogP) is 6.05. The highest BCUT2D eigenvalue weighted by Crippen LogP contribution is 2.40. The zero-order chi connectivity index (χ0) is 32.7. The van der Waals surface area contributed by atoms with Gasteiger partial charge in [-0.3, -0.25) is 4.90 Å². The summed E-state index contributed by atoms with van der Waals surface area (Å²) in [5.74, 6) is -4.01. The summed E-state index contributed by atoms with van der Waals surface area (Å²) in [6.07, 6.45) is 3.30. The Morgan fingerprint density at radius 2 is 1.95 bits per heavy atom. The van der Waals surface area contributed by atoms with Gasteiger partial charge in [0.15, 0.2) is 5.69 Å². The molecular weight excluding hydrogens is 594 g/mol. The lowest BCUT2D eigenvalue weighted by atomic mass is 9.95. The number of aromatic nitrogens is 2. The first-order valence-electron chi connectivity index (χ1n) is 14.4. The molecule has 1 fully saturated rings. The third-order valence-corrected chi connectivity index (χ3v) is 7.66. The van der Waals surface area contributed by atoms with E-state index in [0.717, 1.165) is 11.8 Å². The number of rotatable bonds is 14. The van der Waals surface area contributed by atoms with Gasteiger partial charge in [-0.2, -0.15) is 20.5 Å². The average Bonchev–Trinajstić information content (AvgIpc) is 3.33. The van der Waals surface area contributed by atoms with Gasteiger partial charge in [-0.05, 0) is 57.8 Å². The summed E-state index contributed by atoms with van der Waals surface area (Å²) in [6.45, 7) is 14.0. The largest absolute Gasteiger partial charge is 0.497 e. The summed E-state index contributed by atoms with van der Waals surface area (Å²) >= 11 is 1.64. The molecule has 2 heterocycles. The molecule has 1 aliphatic heterocycles. The fourth-order valence-corrected chi connectivity index (χ4v) is 5.34. The van der Waals surface area contributed by atoms with E-state index in [2.05, 4.69) is 28.6 Å². The van der Waals surface area contributed by atoms with Crippen molar-refractivity contribution in [1.82, 2.24) is 20.3 Å². The molecule has 1 aliphatic rings. The molecule has 0 radical (unpaired) electrons. The van der Waals surface area contributed by atoms with Crippen molar-refractivity contribution in [2.45, 2.75) is 76.7 Å². The Bertz CT molecular complexity index is 1340. The number of likely N-dealkylation sites (tertiary alicyclic amines) is 1. The number of alkyl halides is 2. The van der Waals surface area contributed by atoms with E-state index in [0.29, 0.717) is 18.6 Å². The number of ether oxygens (including phenoxy) is 3. The van der Waals surface area contributed by atoms with Crippen molar-refractivity contribution in [3.05, 3.63) is 49.2 Å². The number of halogens is 2. The SMILES string of the molecule is C=CCC(F)(F)c1nc2ccc(OC)cc2nc1O[C@H]1CN(C(=O)OC(C)(C)C)[C@H](C(=O)ON[C@H](C=C)CCSC)[C@@H]1CC. The predicted molar refractivity (Wildman–Crippen MR) is 166 cm³/mol. The molecule has 4 atom stereocenters. The fourth-order valence-electron chi connectivity index (χ4n) is 4.85. The van der Waals surface area contributed by atoms with Crippen LogP contribution in [0, 0.1) is 5.92 Å². The Kier molecular flexibility index (Phi) is 12.0. The van der Waals surface area contributed by atoms with Crippen molar-refractivity contribution < 1.29 is 37.4 Å². The third-order valence-electron chi connectivity index (χ3n) is 7.01. The summed E-state index contributed by atoms with van der Waals surface area (Å²) < 4.78 is 47.8. The van der Waals surface area contributed by atoms with Crippen molar-refractivity contribution in [3.63, 3.8) is 0 Å². The second-order valence-corrected chi connectivity index (χ2v) is 12.4. The number of benzene rings is 1. The smallest absolute Gasteiger partial charge is 0.411 e. The van der Waals surface area contributed by atoms with Gasteiger partial charge >= 0.3 is 12.1 Å². The lowest BCUT2D eigenvalue weighted by Gasteiger charge is -2.29. The van der Waals surface area contributed by atoms with Crippen LogP contribution in [0.4, 0.5) is 13.6 Å². The number of carbonyl (C=O) groups excluding carboxylic acids is 2. The number of hydrogen-bond acceptors (Lipinski definition) is 10. The summed E-state index contributed by atoms with van der Waals surface area (Å²) in [7, 11) is 1.47. The molecule has 44 heavy (non-hydrogen) atoms. The van der Waals surface area contributed by atoms with Crippen LogP contribution >= 0.6 is 11.8 Å². The molecule has 0 aliphatic carbocycles. The van der Waals surface area contributed by atoms with Crippen LogP contribution in [0.2, 0.25) is 0 Å². The summed E-state index contributed by atoms with van der Waals surface area (Å²) in [5.41, 5.74) is 1.68. The second kappa shape index (κ2) is 15.0. The van der Waals surface area contributed by atoms with Crippen molar-refractivity contribution in [3.8, 4) is 11.6 Å². The van der Waals surface area contributed by atoms with Crippen molar-refractivity contribution >= 4 is 34.9 Å². The van der Waals surface area contributed by atoms with Gasteiger partial charge in [0.05, 0.1) is 30.7 Å². The Balaban J connectivity index is 2.03. The van der Waals surface area contributed by atoms with Gasteiger partial charge in [0.25, 0.3) is 5.92 Å². The molecule has 2 aromatic rings. The van der Waals surface area contributed by atoms with Crippen LogP contribution < -0.4 is 15.0 Å². The van der Waals surface area contributed by atoms with Gasteiger partial charge in [-0.1, -0.05) is 19.1 Å². The quantitative estimate of drug-likeness (QED) is 0.194. The Morgan fingerprint density at radius 3 is 2.55 bits per heavy atom. The van der Waals surface area contributed by atoms with Gasteiger partial charge in [0.1, 0.15) is 23.5 Å². The molecule has 1 N–H and O–H groups in total. The van der Waals surface area contributed by atoms with Crippen LogP contribution in [0.15, 0.2) is 43.5 Å². The number of methoxy groups -OCH3 is 1. The number of nitrogens with one attached hydrogen (secondary N) is 1. The molecule has 10 nitrogen and oxygen atoms in total. The Labute approximate surface area is 261 Å². The van der Waals surface area contributed by atoms with Crippen molar-refractivity contribution in [2.24, 2.45) is 5.92 Å². The molecule has 3 rings (SSSR count). The van der Waals surface area contributed by atoms with E-state index >= 15 is 8.78 Å². The molecule has 13 heteroatoms. The number of allylic oxidation sites excluding steroid dienone is 1. The maximum Gasteiger partial charge on any atom is 0.411 e. The highest BCUT2D eigenvalue weighted by atomic mass is 32.2. The maximum absolute atomic E-state index is 15.4. The first kappa shape index (κ1) is 35.0. The summed E-state index contributed by atoms with van der Waals surface area (Å²) in [6, 6.07) is 3.24. The topological polar surface area (TPSA) is 112 Å². The highest BCUT2D eigenvalue weighted by Gasteiger charge is 2.51. The van der Waals surface area contributed by atoms with Crippen molar-refractivity contribution in [1.29, 1.82) is 0 Å². The molecule has 0 unspecified atom stereocenters. The number of fused-ring (bicyclic) bond motifs is 1. The summed E-state index contributed by atoms with van der Waals surface area (Å²) in [5, 5.41) is 0. The molecule has 1 aromatic heterocycles. The van der Waals surface area contributed by atoms with E-state index in [1.54, 1.807) is 50.7 Å². The van der Waals surface area contributed by atoms with E-state index in [4.69, 9.17) is 19.0 Å². The van der Waals surface area contributed by atoms with E-state index < -0.39 is 59.6 Å². The van der Waals surface area contributed by atoms with Gasteiger partial charge in [-0.15, -0.1) is 18.6 Å². The molecular formula is C31H42F2N4O6S. The number of hydroxylamine groups is 1. The number of hydrogen-bond donors (Lipinski definition) is 1. The zero-order valence-electron chi connectivity index (χ0n) is 26.1. The standard InChI is InChI=1S/C31H42F2N4O6S/c1-9-15-31(32,33)26-27(35-23-17-20(40-7)12-13-22(23)34-26)41-24-18-37(29(39)42-30(4,5)6)25(21(24)11-3)28(38)43-36-19(10-2)14-16-44-8/h9-10,12-13,17,19,21,24-25,36H,1-2,11,14-16,18H2,3-8H3/t19-,21-,24+,25+/m1/s1. The van der Waals surface area contributed by atoms with Crippen LogP contribution in [0.25, 0.3) is 11.0 Å². The molecule has 0 bridgehead atoms. The normalized spacial score (nSPS) is 19.4. The minimum atomic E-state index is -3.46. The van der Waals surface area contributed by atoms with Gasteiger partial charge < -0.3 is 19.0 Å². The van der Waals surface area contributed by atoms with E-state index in [9.17, 15) is 9.59 Å². The van der Waals surface area contributed by atoms with Crippen LogP contribution in [0.3, 0.4) is 0 Å². The number of thioether (sulfide) groups is 1. The average molecular weight is 637 g/mol. The van der Waals surface area contributed by atoms with E-state index in [1.807, 2.05) is 13.2 Å². The van der Waals surface area contributed by atoms with E-state index in [1.165, 1.54) is 18.1 Å². The van der Waals surface area contributed by atoms with E-state index in [-0.39, 0.29) is 23.6 Å². The van der Waals surface area contributed by atoms with Crippen LogP contribution in [0.5, 0.6) is 11.6 Å². The minimum Gasteiger partial charge on any atom is -0.497 e. The summed E-state index contributed by atoms with van der Waals surface area (Å²) in [4.78, 5) is 42.2. The zero-order valence-corrected chi connectivity index (χ0v) is 26.9. The number of carbonyl (C=O) groups is 2. The van der Waals surface area contributed by atoms with Gasteiger partial charge in [-0.25, -0.2) is 19.6 Å². The third kappa shape index (κ3) is 8.59. The molecule has 1 amide bonds. The maximum atomic E-state index is 15.4. The van der Waals surface area contributed by atoms with Crippen LogP contribution in [-0.2, 0) is 20.3 Å². The Hall–Kier alpha value is -3.45. The minimum absolute atomic E-state index is 0.144. The van der Waals surface area contributed by atoms with Crippen LogP contribution in [-0.4, -0.2) is 76.4 Å². The number of nitrogens with zero attached hydrogens (tertiary/aromatic N) is 3. The first-order valence-corrected chi connectivity index (χ1v) is 15.8.